The Morgan fingerprint density at radius 3 is 2.35 bits per heavy atom. The number of benzene rings is 1. The van der Waals surface area contributed by atoms with Crippen molar-refractivity contribution < 1.29 is 9.53 Å². The molecule has 0 atom stereocenters. The van der Waals surface area contributed by atoms with E-state index in [0.29, 0.717) is 18.8 Å². The van der Waals surface area contributed by atoms with Gasteiger partial charge in [-0.05, 0) is 44.0 Å². The minimum Gasteiger partial charge on any atom is -0.484 e. The number of hydrogen-bond donors (Lipinski definition) is 0. The standard InChI is InChI=1S/C19H23ClN4O2/c1-13-8-16(9-14(2)19(13)20)26-11-18(25)24-6-4-23(5-7-24)17-10-15(3)21-12-22-17/h8-10,12H,4-7,11H2,1-3H3. The lowest BCUT2D eigenvalue weighted by molar-refractivity contribution is -0.133. The number of piperazine rings is 1. The third-order valence-corrected chi connectivity index (χ3v) is 5.11. The molecule has 1 aromatic heterocycles. The quantitative estimate of drug-likeness (QED) is 0.823. The number of rotatable bonds is 4. The molecule has 1 saturated heterocycles. The number of hydrogen-bond acceptors (Lipinski definition) is 5. The van der Waals surface area contributed by atoms with E-state index < -0.39 is 0 Å². The fourth-order valence-electron chi connectivity index (χ4n) is 3.02. The average Bonchev–Trinajstić information content (AvgIpc) is 2.64. The maximum atomic E-state index is 12.4. The number of aryl methyl sites for hydroxylation is 3. The molecule has 26 heavy (non-hydrogen) atoms. The summed E-state index contributed by atoms with van der Waals surface area (Å²) in [6, 6.07) is 5.68. The van der Waals surface area contributed by atoms with Crippen molar-refractivity contribution in [1.29, 1.82) is 0 Å². The van der Waals surface area contributed by atoms with E-state index in [2.05, 4.69) is 14.9 Å². The smallest absolute Gasteiger partial charge is 0.260 e. The maximum absolute atomic E-state index is 12.4. The minimum atomic E-state index is -0.00576. The SMILES string of the molecule is Cc1cc(N2CCN(C(=O)COc3cc(C)c(Cl)c(C)c3)CC2)ncn1. The highest BCUT2D eigenvalue weighted by atomic mass is 35.5. The molecule has 1 aromatic carbocycles. The lowest BCUT2D eigenvalue weighted by Crippen LogP contribution is -2.50. The predicted molar refractivity (Wildman–Crippen MR) is 102 cm³/mol. The zero-order valence-corrected chi connectivity index (χ0v) is 16.1. The van der Waals surface area contributed by atoms with Crippen LogP contribution in [0.2, 0.25) is 5.02 Å². The number of halogens is 1. The third-order valence-electron chi connectivity index (χ3n) is 4.52. The Bertz CT molecular complexity index is 781. The van der Waals surface area contributed by atoms with Crippen LogP contribution in [0.1, 0.15) is 16.8 Å². The van der Waals surface area contributed by atoms with E-state index in [1.54, 1.807) is 6.33 Å². The Hall–Kier alpha value is -2.34. The lowest BCUT2D eigenvalue weighted by atomic mass is 10.1. The van der Waals surface area contributed by atoms with Gasteiger partial charge in [-0.2, -0.15) is 0 Å². The second kappa shape index (κ2) is 7.91. The first kappa shape index (κ1) is 18.5. The summed E-state index contributed by atoms with van der Waals surface area (Å²) in [5.41, 5.74) is 2.83. The number of amides is 1. The zero-order valence-electron chi connectivity index (χ0n) is 15.3. The van der Waals surface area contributed by atoms with Gasteiger partial charge in [0.1, 0.15) is 17.9 Å². The molecule has 6 nitrogen and oxygen atoms in total. The largest absolute Gasteiger partial charge is 0.484 e. The molecule has 0 saturated carbocycles. The van der Waals surface area contributed by atoms with E-state index in [4.69, 9.17) is 16.3 Å². The molecule has 1 aliphatic heterocycles. The van der Waals surface area contributed by atoms with Crippen molar-refractivity contribution in [2.45, 2.75) is 20.8 Å². The summed E-state index contributed by atoms with van der Waals surface area (Å²) < 4.78 is 5.68. The third kappa shape index (κ3) is 4.25. The van der Waals surface area contributed by atoms with Crippen LogP contribution in [-0.2, 0) is 4.79 Å². The zero-order chi connectivity index (χ0) is 18.7. The molecule has 2 heterocycles. The van der Waals surface area contributed by atoms with E-state index in [9.17, 15) is 4.79 Å². The van der Waals surface area contributed by atoms with Crippen LogP contribution in [-0.4, -0.2) is 53.6 Å². The van der Waals surface area contributed by atoms with Crippen LogP contribution < -0.4 is 9.64 Å². The molecule has 7 heteroatoms. The molecule has 1 fully saturated rings. The van der Waals surface area contributed by atoms with Crippen LogP contribution >= 0.6 is 11.6 Å². The highest BCUT2D eigenvalue weighted by Crippen LogP contribution is 2.25. The van der Waals surface area contributed by atoms with Gasteiger partial charge in [-0.3, -0.25) is 4.79 Å². The summed E-state index contributed by atoms with van der Waals surface area (Å²) in [6.07, 6.45) is 1.58. The molecule has 0 unspecified atom stereocenters. The van der Waals surface area contributed by atoms with Gasteiger partial charge >= 0.3 is 0 Å². The van der Waals surface area contributed by atoms with Crippen LogP contribution in [0.15, 0.2) is 24.5 Å². The number of nitrogens with zero attached hydrogens (tertiary/aromatic N) is 4. The topological polar surface area (TPSA) is 58.6 Å². The van der Waals surface area contributed by atoms with Crippen LogP contribution in [0.4, 0.5) is 5.82 Å². The second-order valence-corrected chi connectivity index (χ2v) is 6.92. The Labute approximate surface area is 158 Å². The summed E-state index contributed by atoms with van der Waals surface area (Å²) in [6.45, 7) is 8.66. The van der Waals surface area contributed by atoms with Crippen molar-refractivity contribution in [2.75, 3.05) is 37.7 Å². The van der Waals surface area contributed by atoms with Gasteiger partial charge in [-0.15, -0.1) is 0 Å². The van der Waals surface area contributed by atoms with E-state index in [-0.39, 0.29) is 12.5 Å². The summed E-state index contributed by atoms with van der Waals surface area (Å²) in [7, 11) is 0. The molecular formula is C19H23ClN4O2. The first-order valence-corrected chi connectivity index (χ1v) is 9.03. The summed E-state index contributed by atoms with van der Waals surface area (Å²) in [5.74, 6) is 1.58. The Morgan fingerprint density at radius 2 is 1.73 bits per heavy atom. The maximum Gasteiger partial charge on any atom is 0.260 e. The van der Waals surface area contributed by atoms with Gasteiger partial charge in [-0.1, -0.05) is 11.6 Å². The molecule has 0 bridgehead atoms. The molecule has 1 aliphatic rings. The molecule has 0 spiro atoms. The van der Waals surface area contributed by atoms with Crippen LogP contribution in [0, 0.1) is 20.8 Å². The van der Waals surface area contributed by atoms with Gasteiger partial charge < -0.3 is 14.5 Å². The van der Waals surface area contributed by atoms with Crippen LogP contribution in [0.3, 0.4) is 0 Å². The number of anilines is 1. The van der Waals surface area contributed by atoms with E-state index in [1.807, 2.05) is 43.9 Å². The number of carbonyl (C=O) groups excluding carboxylic acids is 1. The van der Waals surface area contributed by atoms with Gasteiger partial charge in [0.15, 0.2) is 6.61 Å². The lowest BCUT2D eigenvalue weighted by Gasteiger charge is -2.35. The van der Waals surface area contributed by atoms with Crippen molar-refractivity contribution in [3.8, 4) is 5.75 Å². The first-order valence-electron chi connectivity index (χ1n) is 8.65. The molecule has 138 valence electrons. The Morgan fingerprint density at radius 1 is 1.08 bits per heavy atom. The summed E-state index contributed by atoms with van der Waals surface area (Å²) in [4.78, 5) is 24.9. The van der Waals surface area contributed by atoms with Crippen LogP contribution in [0.5, 0.6) is 5.75 Å². The number of ether oxygens (including phenoxy) is 1. The van der Waals surface area contributed by atoms with Crippen LogP contribution in [0.25, 0.3) is 0 Å². The van der Waals surface area contributed by atoms with Gasteiger partial charge in [0.2, 0.25) is 0 Å². The Balaban J connectivity index is 1.52. The molecule has 0 aliphatic carbocycles. The highest BCUT2D eigenvalue weighted by Gasteiger charge is 2.22. The van der Waals surface area contributed by atoms with E-state index >= 15 is 0 Å². The van der Waals surface area contributed by atoms with E-state index in [1.165, 1.54) is 0 Å². The van der Waals surface area contributed by atoms with E-state index in [0.717, 1.165) is 40.8 Å². The predicted octanol–water partition coefficient (Wildman–Crippen LogP) is 2.78. The summed E-state index contributed by atoms with van der Waals surface area (Å²) >= 11 is 6.16. The fourth-order valence-corrected chi connectivity index (χ4v) is 3.13. The number of aromatic nitrogens is 2. The molecule has 0 radical (unpaired) electrons. The fraction of sp³-hybridized carbons (Fsp3) is 0.421. The monoisotopic (exact) mass is 374 g/mol. The van der Waals surface area contributed by atoms with Crippen molar-refractivity contribution in [2.24, 2.45) is 0 Å². The normalized spacial score (nSPS) is 14.5. The van der Waals surface area contributed by atoms with Gasteiger partial charge in [0.25, 0.3) is 5.91 Å². The Kier molecular flexibility index (Phi) is 5.61. The molecule has 1 amide bonds. The van der Waals surface area contributed by atoms with Crippen molar-refractivity contribution in [3.05, 3.63) is 46.4 Å². The average molecular weight is 375 g/mol. The highest BCUT2D eigenvalue weighted by molar-refractivity contribution is 6.32. The molecule has 0 N–H and O–H groups in total. The minimum absolute atomic E-state index is 0.00576. The summed E-state index contributed by atoms with van der Waals surface area (Å²) in [5, 5.41) is 0.736. The molecule has 3 rings (SSSR count). The van der Waals surface area contributed by atoms with Crippen molar-refractivity contribution in [3.63, 3.8) is 0 Å². The number of carbonyl (C=O) groups is 1. The van der Waals surface area contributed by atoms with Gasteiger partial charge in [0, 0.05) is 43.0 Å². The molecular weight excluding hydrogens is 352 g/mol. The first-order chi connectivity index (χ1) is 12.4. The van der Waals surface area contributed by atoms with Crippen molar-refractivity contribution in [1.82, 2.24) is 14.9 Å². The van der Waals surface area contributed by atoms with Gasteiger partial charge in [0.05, 0.1) is 0 Å². The molecule has 2 aromatic rings. The second-order valence-electron chi connectivity index (χ2n) is 6.55. The van der Waals surface area contributed by atoms with Crippen molar-refractivity contribution >= 4 is 23.3 Å². The van der Waals surface area contributed by atoms with Gasteiger partial charge in [-0.25, -0.2) is 9.97 Å².